The van der Waals surface area contributed by atoms with Gasteiger partial charge in [-0.3, -0.25) is 0 Å². The van der Waals surface area contributed by atoms with Gasteiger partial charge < -0.3 is 5.32 Å². The molecule has 0 aliphatic rings. The molecule has 1 unspecified atom stereocenters. The molecular weight excluding hydrogens is 273 g/mol. The van der Waals surface area contributed by atoms with Crippen LogP contribution in [-0.4, -0.2) is 6.04 Å². The Morgan fingerprint density at radius 2 is 2.00 bits per heavy atom. The van der Waals surface area contributed by atoms with Crippen molar-refractivity contribution in [3.8, 4) is 0 Å². The molecule has 0 saturated carbocycles. The van der Waals surface area contributed by atoms with Crippen LogP contribution in [0, 0.1) is 5.92 Å². The summed E-state index contributed by atoms with van der Waals surface area (Å²) >= 11 is 9.45. The summed E-state index contributed by atoms with van der Waals surface area (Å²) in [6.45, 7) is 6.64. The van der Waals surface area contributed by atoms with Gasteiger partial charge in [-0.2, -0.15) is 0 Å². The van der Waals surface area contributed by atoms with Gasteiger partial charge in [0.1, 0.15) is 0 Å². The molecule has 0 aliphatic carbocycles. The summed E-state index contributed by atoms with van der Waals surface area (Å²) in [5.41, 5.74) is 1.07. The lowest BCUT2D eigenvalue weighted by Crippen LogP contribution is -2.17. The van der Waals surface area contributed by atoms with Crippen LogP contribution in [-0.2, 0) is 0 Å². The molecule has 1 aromatic carbocycles. The molecule has 0 aliphatic heterocycles. The molecule has 0 aromatic heterocycles. The van der Waals surface area contributed by atoms with Crippen LogP contribution >= 0.6 is 27.5 Å². The first kappa shape index (κ1) is 12.9. The molecular formula is C12H17BrClN. The van der Waals surface area contributed by atoms with Gasteiger partial charge in [-0.05, 0) is 53.4 Å². The van der Waals surface area contributed by atoms with Gasteiger partial charge in [-0.1, -0.05) is 25.4 Å². The SMILES string of the molecule is CC(C)CC(C)Nc1cc(Cl)ccc1Br. The molecule has 0 saturated heterocycles. The van der Waals surface area contributed by atoms with E-state index < -0.39 is 0 Å². The highest BCUT2D eigenvalue weighted by Crippen LogP contribution is 2.27. The number of hydrogen-bond acceptors (Lipinski definition) is 1. The zero-order valence-electron chi connectivity index (χ0n) is 9.35. The fourth-order valence-corrected chi connectivity index (χ4v) is 2.17. The van der Waals surface area contributed by atoms with Gasteiger partial charge in [0.2, 0.25) is 0 Å². The molecule has 15 heavy (non-hydrogen) atoms. The van der Waals surface area contributed by atoms with E-state index >= 15 is 0 Å². The first-order valence-electron chi connectivity index (χ1n) is 5.20. The summed E-state index contributed by atoms with van der Waals surface area (Å²) in [7, 11) is 0. The minimum absolute atomic E-state index is 0.458. The number of anilines is 1. The Balaban J connectivity index is 2.67. The molecule has 1 nitrogen and oxygen atoms in total. The second-order valence-corrected chi connectivity index (χ2v) is 5.59. The van der Waals surface area contributed by atoms with E-state index in [4.69, 9.17) is 11.6 Å². The predicted octanol–water partition coefficient (Wildman–Crippen LogP) is 4.95. The Hall–Kier alpha value is -0.210. The molecule has 0 spiro atoms. The Morgan fingerprint density at radius 3 is 2.60 bits per heavy atom. The summed E-state index contributed by atoms with van der Waals surface area (Å²) in [6, 6.07) is 6.25. The number of hydrogen-bond donors (Lipinski definition) is 1. The van der Waals surface area contributed by atoms with Crippen LogP contribution in [0.3, 0.4) is 0 Å². The quantitative estimate of drug-likeness (QED) is 0.827. The van der Waals surface area contributed by atoms with E-state index in [1.807, 2.05) is 18.2 Å². The smallest absolute Gasteiger partial charge is 0.0501 e. The van der Waals surface area contributed by atoms with Gasteiger partial charge in [-0.15, -0.1) is 0 Å². The third kappa shape index (κ3) is 4.43. The summed E-state index contributed by atoms with van der Waals surface area (Å²) in [5.74, 6) is 0.699. The zero-order chi connectivity index (χ0) is 11.4. The van der Waals surface area contributed by atoms with Crippen LogP contribution in [0.5, 0.6) is 0 Å². The lowest BCUT2D eigenvalue weighted by atomic mass is 10.1. The van der Waals surface area contributed by atoms with Crippen LogP contribution in [0.2, 0.25) is 5.02 Å². The number of halogens is 2. The highest BCUT2D eigenvalue weighted by molar-refractivity contribution is 9.10. The van der Waals surface area contributed by atoms with Crippen LogP contribution in [0.4, 0.5) is 5.69 Å². The maximum Gasteiger partial charge on any atom is 0.0501 e. The fraction of sp³-hybridized carbons (Fsp3) is 0.500. The van der Waals surface area contributed by atoms with Crippen molar-refractivity contribution in [1.29, 1.82) is 0 Å². The van der Waals surface area contributed by atoms with E-state index in [0.29, 0.717) is 12.0 Å². The normalized spacial score (nSPS) is 12.9. The largest absolute Gasteiger partial charge is 0.382 e. The minimum atomic E-state index is 0.458. The monoisotopic (exact) mass is 289 g/mol. The molecule has 0 radical (unpaired) electrons. The van der Waals surface area contributed by atoms with Crippen molar-refractivity contribution in [3.05, 3.63) is 27.7 Å². The summed E-state index contributed by atoms with van der Waals surface area (Å²) in [4.78, 5) is 0. The lowest BCUT2D eigenvalue weighted by Gasteiger charge is -2.18. The highest BCUT2D eigenvalue weighted by Gasteiger charge is 2.07. The highest BCUT2D eigenvalue weighted by atomic mass is 79.9. The minimum Gasteiger partial charge on any atom is -0.382 e. The van der Waals surface area contributed by atoms with Gasteiger partial charge in [-0.25, -0.2) is 0 Å². The Bertz CT molecular complexity index is 325. The van der Waals surface area contributed by atoms with Crippen molar-refractivity contribution in [2.75, 3.05) is 5.32 Å². The molecule has 3 heteroatoms. The number of benzene rings is 1. The number of rotatable bonds is 4. The van der Waals surface area contributed by atoms with Crippen LogP contribution in [0.25, 0.3) is 0 Å². The maximum atomic E-state index is 5.95. The summed E-state index contributed by atoms with van der Waals surface area (Å²) < 4.78 is 1.06. The molecule has 0 heterocycles. The lowest BCUT2D eigenvalue weighted by molar-refractivity contribution is 0.539. The van der Waals surface area contributed by atoms with Gasteiger partial charge in [0.25, 0.3) is 0 Å². The summed E-state index contributed by atoms with van der Waals surface area (Å²) in [6.07, 6.45) is 1.15. The summed E-state index contributed by atoms with van der Waals surface area (Å²) in [5, 5.41) is 4.21. The van der Waals surface area contributed by atoms with E-state index in [0.717, 1.165) is 21.6 Å². The van der Waals surface area contributed by atoms with E-state index in [2.05, 4.69) is 42.0 Å². The van der Waals surface area contributed by atoms with E-state index in [1.54, 1.807) is 0 Å². The van der Waals surface area contributed by atoms with Crippen molar-refractivity contribution < 1.29 is 0 Å². The first-order chi connectivity index (χ1) is 6.99. The predicted molar refractivity (Wildman–Crippen MR) is 71.7 cm³/mol. The maximum absolute atomic E-state index is 5.95. The average Bonchev–Trinajstić information content (AvgIpc) is 2.10. The van der Waals surface area contributed by atoms with E-state index in [9.17, 15) is 0 Å². The molecule has 1 N–H and O–H groups in total. The third-order valence-corrected chi connectivity index (χ3v) is 3.08. The topological polar surface area (TPSA) is 12.0 Å². The molecule has 0 fully saturated rings. The molecule has 0 amide bonds. The van der Waals surface area contributed by atoms with Crippen molar-refractivity contribution in [2.24, 2.45) is 5.92 Å². The van der Waals surface area contributed by atoms with Crippen molar-refractivity contribution in [1.82, 2.24) is 0 Å². The zero-order valence-corrected chi connectivity index (χ0v) is 11.7. The molecule has 84 valence electrons. The van der Waals surface area contributed by atoms with Crippen LogP contribution in [0.1, 0.15) is 27.2 Å². The van der Waals surface area contributed by atoms with Crippen molar-refractivity contribution in [2.45, 2.75) is 33.2 Å². The van der Waals surface area contributed by atoms with Gasteiger partial charge in [0.05, 0.1) is 5.69 Å². The number of nitrogens with one attached hydrogen (secondary N) is 1. The second-order valence-electron chi connectivity index (χ2n) is 4.30. The molecule has 1 atom stereocenters. The average molecular weight is 291 g/mol. The third-order valence-electron chi connectivity index (χ3n) is 2.16. The molecule has 1 rings (SSSR count). The standard InChI is InChI=1S/C12H17BrClN/c1-8(2)6-9(3)15-12-7-10(14)4-5-11(12)13/h4-5,7-9,15H,6H2,1-3H3. The molecule has 1 aromatic rings. The Morgan fingerprint density at radius 1 is 1.33 bits per heavy atom. The van der Waals surface area contributed by atoms with Gasteiger partial charge in [0, 0.05) is 15.5 Å². The van der Waals surface area contributed by atoms with Gasteiger partial charge in [0.15, 0.2) is 0 Å². The van der Waals surface area contributed by atoms with Crippen LogP contribution in [0.15, 0.2) is 22.7 Å². The van der Waals surface area contributed by atoms with E-state index in [-0.39, 0.29) is 0 Å². The van der Waals surface area contributed by atoms with Crippen LogP contribution < -0.4 is 5.32 Å². The van der Waals surface area contributed by atoms with Crippen molar-refractivity contribution >= 4 is 33.2 Å². The van der Waals surface area contributed by atoms with Gasteiger partial charge >= 0.3 is 0 Å². The van der Waals surface area contributed by atoms with Crippen molar-refractivity contribution in [3.63, 3.8) is 0 Å². The second kappa shape index (κ2) is 5.76. The Labute approximate surface area is 105 Å². The molecule has 0 bridgehead atoms. The first-order valence-corrected chi connectivity index (χ1v) is 6.37. The van der Waals surface area contributed by atoms with E-state index in [1.165, 1.54) is 0 Å². The fourth-order valence-electron chi connectivity index (χ4n) is 1.64. The Kier molecular flexibility index (Phi) is 4.94.